The number of hydrogen-bond acceptors (Lipinski definition) is 5. The molecule has 5 nitrogen and oxygen atoms in total. The number of carbonyl (C=O) groups is 1. The molecule has 0 unspecified atom stereocenters. The van der Waals surface area contributed by atoms with E-state index in [4.69, 9.17) is 4.74 Å². The van der Waals surface area contributed by atoms with Crippen molar-refractivity contribution in [3.63, 3.8) is 0 Å². The minimum absolute atomic E-state index is 0.00607. The van der Waals surface area contributed by atoms with Crippen LogP contribution in [0, 0.1) is 17.0 Å². The maximum absolute atomic E-state index is 12.4. The highest BCUT2D eigenvalue weighted by molar-refractivity contribution is 7.99. The van der Waals surface area contributed by atoms with E-state index in [2.05, 4.69) is 0 Å². The number of aryl methyl sites for hydroxylation is 1. The summed E-state index contributed by atoms with van der Waals surface area (Å²) in [5.41, 5.74) is 2.21. The summed E-state index contributed by atoms with van der Waals surface area (Å²) in [4.78, 5) is 25.0. The monoisotopic (exact) mass is 405 g/mol. The maximum Gasteiger partial charge on any atom is 0.283 e. The van der Waals surface area contributed by atoms with Crippen LogP contribution < -0.4 is 4.74 Å². The Labute approximate surface area is 173 Å². The van der Waals surface area contributed by atoms with Gasteiger partial charge in [0.2, 0.25) is 0 Å². The van der Waals surface area contributed by atoms with E-state index in [9.17, 15) is 14.9 Å². The van der Waals surface area contributed by atoms with Crippen molar-refractivity contribution in [3.05, 3.63) is 99.6 Å². The highest BCUT2D eigenvalue weighted by atomic mass is 32.2. The number of ether oxygens (including phenoxy) is 1. The Bertz CT molecular complexity index is 1070. The second-order valence-corrected chi connectivity index (χ2v) is 7.44. The second-order valence-electron chi connectivity index (χ2n) is 6.33. The van der Waals surface area contributed by atoms with Crippen molar-refractivity contribution in [2.24, 2.45) is 0 Å². The van der Waals surface area contributed by atoms with Crippen LogP contribution in [0.1, 0.15) is 21.5 Å². The molecule has 0 N–H and O–H groups in total. The Kier molecular flexibility index (Phi) is 6.46. The number of nitrogens with zero attached hydrogens (tertiary/aromatic N) is 1. The molecule has 0 heterocycles. The van der Waals surface area contributed by atoms with E-state index in [-0.39, 0.29) is 11.5 Å². The molecule has 146 valence electrons. The third kappa shape index (κ3) is 5.33. The van der Waals surface area contributed by atoms with Gasteiger partial charge in [0, 0.05) is 16.5 Å². The molecular weight excluding hydrogens is 386 g/mol. The number of benzene rings is 3. The van der Waals surface area contributed by atoms with E-state index in [1.165, 1.54) is 31.0 Å². The predicted octanol–water partition coefficient (Wildman–Crippen LogP) is 5.96. The quantitative estimate of drug-likeness (QED) is 0.210. The normalized spacial score (nSPS) is 10.8. The zero-order valence-corrected chi connectivity index (χ0v) is 16.8. The van der Waals surface area contributed by atoms with Gasteiger partial charge < -0.3 is 4.74 Å². The molecule has 3 rings (SSSR count). The molecule has 0 saturated carbocycles. The van der Waals surface area contributed by atoms with Crippen molar-refractivity contribution in [2.45, 2.75) is 16.7 Å². The van der Waals surface area contributed by atoms with Crippen molar-refractivity contribution in [3.8, 4) is 5.75 Å². The van der Waals surface area contributed by atoms with Crippen molar-refractivity contribution >= 4 is 29.3 Å². The van der Waals surface area contributed by atoms with Gasteiger partial charge in [-0.25, -0.2) is 0 Å². The second kappa shape index (κ2) is 9.21. The fourth-order valence-electron chi connectivity index (χ4n) is 2.64. The summed E-state index contributed by atoms with van der Waals surface area (Å²) >= 11 is 1.34. The summed E-state index contributed by atoms with van der Waals surface area (Å²) < 4.78 is 5.12. The van der Waals surface area contributed by atoms with Crippen LogP contribution >= 0.6 is 11.8 Å². The molecule has 0 amide bonds. The first kappa shape index (κ1) is 20.4. The van der Waals surface area contributed by atoms with Gasteiger partial charge in [-0.3, -0.25) is 14.9 Å². The van der Waals surface area contributed by atoms with Crippen LogP contribution in [-0.2, 0) is 0 Å². The number of hydrogen-bond donors (Lipinski definition) is 0. The first-order chi connectivity index (χ1) is 14.0. The molecule has 29 heavy (non-hydrogen) atoms. The minimum atomic E-state index is -0.405. The Balaban J connectivity index is 1.82. The lowest BCUT2D eigenvalue weighted by molar-refractivity contribution is -0.387. The summed E-state index contributed by atoms with van der Waals surface area (Å²) in [5, 5.41) is 11.5. The topological polar surface area (TPSA) is 69.4 Å². The average molecular weight is 405 g/mol. The lowest BCUT2D eigenvalue weighted by atomic mass is 10.1. The zero-order chi connectivity index (χ0) is 20.8. The van der Waals surface area contributed by atoms with Crippen LogP contribution in [0.4, 0.5) is 5.69 Å². The highest BCUT2D eigenvalue weighted by Gasteiger charge is 2.15. The van der Waals surface area contributed by atoms with Crippen LogP contribution in [0.25, 0.3) is 6.08 Å². The maximum atomic E-state index is 12.4. The van der Waals surface area contributed by atoms with E-state index < -0.39 is 4.92 Å². The molecule has 0 atom stereocenters. The number of allylic oxidation sites excluding steroid dienone is 1. The summed E-state index contributed by atoms with van der Waals surface area (Å²) in [6.07, 6.45) is 2.98. The van der Waals surface area contributed by atoms with Crippen LogP contribution in [0.2, 0.25) is 0 Å². The SMILES string of the molecule is COc1cccc(C(=O)C=Cc2ccc(Sc3ccc(C)cc3)c([N+](=O)[O-])c2)c1. The van der Waals surface area contributed by atoms with Crippen LogP contribution in [0.15, 0.2) is 82.6 Å². The molecule has 0 aliphatic heterocycles. The average Bonchev–Trinajstić information content (AvgIpc) is 2.74. The zero-order valence-electron chi connectivity index (χ0n) is 16.0. The van der Waals surface area contributed by atoms with Crippen molar-refractivity contribution in [2.75, 3.05) is 7.11 Å². The van der Waals surface area contributed by atoms with Crippen molar-refractivity contribution < 1.29 is 14.5 Å². The Morgan fingerprint density at radius 2 is 1.83 bits per heavy atom. The molecule has 3 aromatic rings. The molecule has 6 heteroatoms. The molecular formula is C23H19NO4S. The number of ketones is 1. The van der Waals surface area contributed by atoms with Gasteiger partial charge in [0.15, 0.2) is 5.78 Å². The molecule has 3 aromatic carbocycles. The van der Waals surface area contributed by atoms with Crippen molar-refractivity contribution in [1.82, 2.24) is 0 Å². The number of nitro groups is 1. The number of carbonyl (C=O) groups excluding carboxylic acids is 1. The lowest BCUT2D eigenvalue weighted by Crippen LogP contribution is -1.95. The third-order valence-corrected chi connectivity index (χ3v) is 5.28. The highest BCUT2D eigenvalue weighted by Crippen LogP contribution is 2.35. The molecule has 0 saturated heterocycles. The Hall–Kier alpha value is -3.38. The predicted molar refractivity (Wildman–Crippen MR) is 115 cm³/mol. The van der Waals surface area contributed by atoms with Gasteiger partial charge in [-0.15, -0.1) is 0 Å². The van der Waals surface area contributed by atoms with Gasteiger partial charge in [0.1, 0.15) is 5.75 Å². The number of methoxy groups -OCH3 is 1. The van der Waals surface area contributed by atoms with Gasteiger partial charge in [-0.05, 0) is 48.9 Å². The first-order valence-corrected chi connectivity index (χ1v) is 9.67. The molecule has 0 aliphatic carbocycles. The molecule has 0 aromatic heterocycles. The van der Waals surface area contributed by atoms with Crippen molar-refractivity contribution in [1.29, 1.82) is 0 Å². The van der Waals surface area contributed by atoms with E-state index in [0.29, 0.717) is 21.8 Å². The van der Waals surface area contributed by atoms with Gasteiger partial charge in [0.05, 0.1) is 16.9 Å². The Morgan fingerprint density at radius 1 is 1.07 bits per heavy atom. The fourth-order valence-corrected chi connectivity index (χ4v) is 3.55. The van der Waals surface area contributed by atoms with Gasteiger partial charge in [-0.2, -0.15) is 0 Å². The molecule has 0 bridgehead atoms. The summed E-state index contributed by atoms with van der Waals surface area (Å²) in [6.45, 7) is 1.99. The fraction of sp³-hybridized carbons (Fsp3) is 0.0870. The standard InChI is InChI=1S/C23H19NO4S/c1-16-6-10-20(11-7-16)29-23-13-9-17(14-21(23)24(26)27)8-12-22(25)18-4-3-5-19(15-18)28-2/h3-15H,1-2H3. The van der Waals surface area contributed by atoms with Gasteiger partial charge >= 0.3 is 0 Å². The number of nitro benzene ring substituents is 1. The van der Waals surface area contributed by atoms with E-state index >= 15 is 0 Å². The summed E-state index contributed by atoms with van der Waals surface area (Å²) in [7, 11) is 1.54. The minimum Gasteiger partial charge on any atom is -0.497 e. The largest absolute Gasteiger partial charge is 0.497 e. The molecule has 0 aliphatic rings. The number of rotatable bonds is 7. The molecule has 0 spiro atoms. The van der Waals surface area contributed by atoms with E-state index in [0.717, 1.165) is 10.5 Å². The smallest absolute Gasteiger partial charge is 0.283 e. The van der Waals surface area contributed by atoms with Gasteiger partial charge in [0.25, 0.3) is 5.69 Å². The van der Waals surface area contributed by atoms with E-state index in [1.54, 1.807) is 42.5 Å². The van der Waals surface area contributed by atoms with E-state index in [1.807, 2.05) is 31.2 Å². The first-order valence-electron chi connectivity index (χ1n) is 8.85. The van der Waals surface area contributed by atoms with Crippen LogP contribution in [-0.4, -0.2) is 17.8 Å². The lowest BCUT2D eigenvalue weighted by Gasteiger charge is -2.05. The third-order valence-electron chi connectivity index (χ3n) is 4.21. The van der Waals surface area contributed by atoms with Crippen LogP contribution in [0.5, 0.6) is 5.75 Å². The Morgan fingerprint density at radius 3 is 2.52 bits per heavy atom. The summed E-state index contributed by atoms with van der Waals surface area (Å²) in [6, 6.07) is 19.6. The molecule has 0 fully saturated rings. The van der Waals surface area contributed by atoms with Crippen LogP contribution in [0.3, 0.4) is 0 Å². The molecule has 0 radical (unpaired) electrons. The summed E-state index contributed by atoms with van der Waals surface area (Å²) in [5.74, 6) is 0.391. The van der Waals surface area contributed by atoms with Gasteiger partial charge in [-0.1, -0.05) is 53.7 Å².